The fourth-order valence-corrected chi connectivity index (χ4v) is 2.90. The second-order valence-corrected chi connectivity index (χ2v) is 6.41. The van der Waals surface area contributed by atoms with Gasteiger partial charge in [0.25, 0.3) is 0 Å². The average molecular weight is 377 g/mol. The van der Waals surface area contributed by atoms with Gasteiger partial charge >= 0.3 is 0 Å². The van der Waals surface area contributed by atoms with Gasteiger partial charge in [-0.05, 0) is 31.9 Å². The zero-order valence-corrected chi connectivity index (χ0v) is 16.5. The summed E-state index contributed by atoms with van der Waals surface area (Å²) in [6.45, 7) is 6.68. The van der Waals surface area contributed by atoms with Crippen LogP contribution in [0.25, 0.3) is 0 Å². The number of guanidine groups is 1. The predicted octanol–water partition coefficient (Wildman–Crippen LogP) is 2.03. The molecular formula is C20H32N4O3. The van der Waals surface area contributed by atoms with Crippen molar-refractivity contribution in [2.24, 2.45) is 4.99 Å². The molecule has 1 fully saturated rings. The quantitative estimate of drug-likeness (QED) is 0.351. The molecule has 2 N–H and O–H groups in total. The highest BCUT2D eigenvalue weighted by molar-refractivity contribution is 5.79. The number of likely N-dealkylation sites (tertiary alicyclic amines) is 1. The number of carbonyl (C=O) groups excluding carboxylic acids is 1. The minimum Gasteiger partial charge on any atom is -0.497 e. The molecule has 1 aromatic rings. The molecule has 27 heavy (non-hydrogen) atoms. The Balaban J connectivity index is 1.62. The average Bonchev–Trinajstić information content (AvgIpc) is 3.09. The Morgan fingerprint density at radius 2 is 2.11 bits per heavy atom. The molecule has 1 aliphatic rings. The molecule has 0 atom stereocenters. The van der Waals surface area contributed by atoms with Crippen molar-refractivity contribution in [2.75, 3.05) is 46.4 Å². The van der Waals surface area contributed by atoms with Gasteiger partial charge in [-0.25, -0.2) is 0 Å². The van der Waals surface area contributed by atoms with Crippen molar-refractivity contribution in [2.45, 2.75) is 32.6 Å². The summed E-state index contributed by atoms with van der Waals surface area (Å²) in [5.74, 6) is 2.69. The Bertz CT molecular complexity index is 607. The Kier molecular flexibility index (Phi) is 9.30. The van der Waals surface area contributed by atoms with E-state index < -0.39 is 0 Å². The Labute approximate surface area is 162 Å². The lowest BCUT2D eigenvalue weighted by Gasteiger charge is -2.16. The van der Waals surface area contributed by atoms with Crippen molar-refractivity contribution in [3.05, 3.63) is 24.3 Å². The number of carbonyl (C=O) groups is 1. The summed E-state index contributed by atoms with van der Waals surface area (Å²) in [7, 11) is 1.64. The molecule has 150 valence electrons. The maximum absolute atomic E-state index is 11.6. The molecule has 1 amide bonds. The lowest BCUT2D eigenvalue weighted by Crippen LogP contribution is -2.39. The highest BCUT2D eigenvalue weighted by Gasteiger charge is 2.18. The zero-order valence-electron chi connectivity index (χ0n) is 16.5. The van der Waals surface area contributed by atoms with Gasteiger partial charge in [0.05, 0.1) is 13.7 Å². The van der Waals surface area contributed by atoms with Crippen molar-refractivity contribution in [3.8, 4) is 11.5 Å². The smallest absolute Gasteiger partial charge is 0.222 e. The van der Waals surface area contributed by atoms with E-state index in [0.717, 1.165) is 62.9 Å². The SMILES string of the molecule is CCNC(=NCCCOc1cccc(OC)c1)NCCCN1CCCC1=O. The van der Waals surface area contributed by atoms with Gasteiger partial charge in [-0.2, -0.15) is 0 Å². The molecule has 1 aliphatic heterocycles. The highest BCUT2D eigenvalue weighted by Crippen LogP contribution is 2.18. The van der Waals surface area contributed by atoms with E-state index >= 15 is 0 Å². The van der Waals surface area contributed by atoms with Crippen LogP contribution in [-0.2, 0) is 4.79 Å². The van der Waals surface area contributed by atoms with Crippen LogP contribution in [0.15, 0.2) is 29.3 Å². The molecule has 0 bridgehead atoms. The molecule has 7 nitrogen and oxygen atoms in total. The number of benzene rings is 1. The third-order valence-electron chi connectivity index (χ3n) is 4.30. The van der Waals surface area contributed by atoms with E-state index in [2.05, 4.69) is 15.6 Å². The van der Waals surface area contributed by atoms with Crippen molar-refractivity contribution in [1.82, 2.24) is 15.5 Å². The van der Waals surface area contributed by atoms with Crippen molar-refractivity contribution in [3.63, 3.8) is 0 Å². The molecule has 0 radical (unpaired) electrons. The molecule has 1 heterocycles. The van der Waals surface area contributed by atoms with Gasteiger partial charge in [-0.15, -0.1) is 0 Å². The fraction of sp³-hybridized carbons (Fsp3) is 0.600. The van der Waals surface area contributed by atoms with Crippen molar-refractivity contribution >= 4 is 11.9 Å². The molecule has 0 unspecified atom stereocenters. The summed E-state index contributed by atoms with van der Waals surface area (Å²) in [6, 6.07) is 7.60. The summed E-state index contributed by atoms with van der Waals surface area (Å²) in [6.07, 6.45) is 3.45. The van der Waals surface area contributed by atoms with Crippen LogP contribution in [0.2, 0.25) is 0 Å². The summed E-state index contributed by atoms with van der Waals surface area (Å²) < 4.78 is 10.9. The van der Waals surface area contributed by atoms with E-state index in [9.17, 15) is 4.79 Å². The Hall–Kier alpha value is -2.44. The first-order chi connectivity index (χ1) is 13.2. The van der Waals surface area contributed by atoms with Gasteiger partial charge in [0.15, 0.2) is 5.96 Å². The first-order valence-corrected chi connectivity index (χ1v) is 9.79. The van der Waals surface area contributed by atoms with Crippen LogP contribution in [0.1, 0.15) is 32.6 Å². The topological polar surface area (TPSA) is 75.2 Å². The highest BCUT2D eigenvalue weighted by atomic mass is 16.5. The number of amides is 1. The maximum atomic E-state index is 11.6. The van der Waals surface area contributed by atoms with Crippen LogP contribution in [0, 0.1) is 0 Å². The lowest BCUT2D eigenvalue weighted by atomic mass is 10.3. The van der Waals surface area contributed by atoms with Gasteiger partial charge in [-0.3, -0.25) is 9.79 Å². The zero-order chi connectivity index (χ0) is 19.3. The first-order valence-electron chi connectivity index (χ1n) is 9.79. The van der Waals surface area contributed by atoms with Crippen LogP contribution in [0.5, 0.6) is 11.5 Å². The van der Waals surface area contributed by atoms with Crippen LogP contribution < -0.4 is 20.1 Å². The summed E-state index contributed by atoms with van der Waals surface area (Å²) in [5, 5.41) is 6.57. The van der Waals surface area contributed by atoms with Gasteiger partial charge in [0, 0.05) is 51.6 Å². The monoisotopic (exact) mass is 376 g/mol. The third kappa shape index (κ3) is 7.76. The normalized spacial score (nSPS) is 14.4. The fourth-order valence-electron chi connectivity index (χ4n) is 2.90. The number of ether oxygens (including phenoxy) is 2. The second kappa shape index (κ2) is 12.0. The summed E-state index contributed by atoms with van der Waals surface area (Å²) in [4.78, 5) is 18.1. The molecule has 7 heteroatoms. The second-order valence-electron chi connectivity index (χ2n) is 6.41. The minimum atomic E-state index is 0.284. The van der Waals surface area contributed by atoms with Crippen LogP contribution in [0.4, 0.5) is 0 Å². The van der Waals surface area contributed by atoms with E-state index in [1.807, 2.05) is 36.1 Å². The number of nitrogens with one attached hydrogen (secondary N) is 2. The number of hydrogen-bond donors (Lipinski definition) is 2. The molecular weight excluding hydrogens is 344 g/mol. The van der Waals surface area contributed by atoms with Gasteiger partial charge in [0.2, 0.25) is 5.91 Å². The molecule has 1 aromatic carbocycles. The molecule has 1 saturated heterocycles. The molecule has 0 saturated carbocycles. The molecule has 0 aromatic heterocycles. The molecule has 2 rings (SSSR count). The maximum Gasteiger partial charge on any atom is 0.222 e. The van der Waals surface area contributed by atoms with E-state index in [-0.39, 0.29) is 5.91 Å². The van der Waals surface area contributed by atoms with Crippen molar-refractivity contribution < 1.29 is 14.3 Å². The Morgan fingerprint density at radius 1 is 1.26 bits per heavy atom. The van der Waals surface area contributed by atoms with Crippen molar-refractivity contribution in [1.29, 1.82) is 0 Å². The minimum absolute atomic E-state index is 0.284. The van der Waals surface area contributed by atoms with Crippen LogP contribution >= 0.6 is 0 Å². The number of hydrogen-bond acceptors (Lipinski definition) is 4. The number of nitrogens with zero attached hydrogens (tertiary/aromatic N) is 2. The van der Waals surface area contributed by atoms with Gasteiger partial charge in [-0.1, -0.05) is 6.07 Å². The Morgan fingerprint density at radius 3 is 2.85 bits per heavy atom. The molecule has 0 spiro atoms. The number of rotatable bonds is 11. The van der Waals surface area contributed by atoms with Gasteiger partial charge in [0.1, 0.15) is 11.5 Å². The van der Waals surface area contributed by atoms with Crippen LogP contribution in [-0.4, -0.2) is 63.2 Å². The predicted molar refractivity (Wildman–Crippen MR) is 108 cm³/mol. The first kappa shape index (κ1) is 20.9. The standard InChI is InChI=1S/C20H32N4O3/c1-3-21-20(22-11-6-14-24-13-5-10-19(24)25)23-12-7-15-27-18-9-4-8-17(16-18)26-2/h4,8-9,16H,3,5-7,10-15H2,1-2H3,(H2,21,22,23). The van der Waals surface area contributed by atoms with E-state index in [0.29, 0.717) is 19.6 Å². The summed E-state index contributed by atoms with van der Waals surface area (Å²) in [5.41, 5.74) is 0. The third-order valence-corrected chi connectivity index (χ3v) is 4.30. The van der Waals surface area contributed by atoms with Crippen LogP contribution in [0.3, 0.4) is 0 Å². The van der Waals surface area contributed by atoms with Gasteiger partial charge < -0.3 is 25.0 Å². The number of methoxy groups -OCH3 is 1. The van der Waals surface area contributed by atoms with E-state index in [1.54, 1.807) is 7.11 Å². The lowest BCUT2D eigenvalue weighted by molar-refractivity contribution is -0.127. The summed E-state index contributed by atoms with van der Waals surface area (Å²) >= 11 is 0. The number of aliphatic imine (C=N–C) groups is 1. The largest absolute Gasteiger partial charge is 0.497 e. The van der Waals surface area contributed by atoms with E-state index in [1.165, 1.54) is 0 Å². The molecule has 0 aliphatic carbocycles. The van der Waals surface area contributed by atoms with E-state index in [4.69, 9.17) is 9.47 Å².